The second-order valence-corrected chi connectivity index (χ2v) is 9.06. The highest BCUT2D eigenvalue weighted by molar-refractivity contribution is 8.00. The van der Waals surface area contributed by atoms with Crippen molar-refractivity contribution in [2.24, 2.45) is 0 Å². The van der Waals surface area contributed by atoms with Crippen LogP contribution in [0.1, 0.15) is 17.3 Å². The van der Waals surface area contributed by atoms with E-state index in [0.717, 1.165) is 4.90 Å². The van der Waals surface area contributed by atoms with Crippen molar-refractivity contribution in [2.45, 2.75) is 17.1 Å². The number of rotatable bonds is 6. The van der Waals surface area contributed by atoms with E-state index < -0.39 is 0 Å². The van der Waals surface area contributed by atoms with E-state index in [-0.39, 0.29) is 22.1 Å². The minimum atomic E-state index is -0.327. The first-order chi connectivity index (χ1) is 14.3. The van der Waals surface area contributed by atoms with Gasteiger partial charge in [-0.05, 0) is 67.6 Å². The molecule has 0 aliphatic rings. The summed E-state index contributed by atoms with van der Waals surface area (Å²) in [7, 11) is 0. The third-order valence-electron chi connectivity index (χ3n) is 4.06. The zero-order valence-corrected chi connectivity index (χ0v) is 18.9. The van der Waals surface area contributed by atoms with E-state index in [9.17, 15) is 9.59 Å². The molecule has 8 heteroatoms. The van der Waals surface area contributed by atoms with Crippen LogP contribution >= 0.6 is 46.6 Å². The summed E-state index contributed by atoms with van der Waals surface area (Å²) < 4.78 is 0. The van der Waals surface area contributed by atoms with Gasteiger partial charge in [-0.1, -0.05) is 40.9 Å². The third kappa shape index (κ3) is 6.16. The minimum Gasteiger partial charge on any atom is -0.325 e. The Balaban J connectivity index is 1.58. The monoisotopic (exact) mass is 478 g/mol. The highest BCUT2D eigenvalue weighted by Crippen LogP contribution is 2.27. The molecule has 0 radical (unpaired) electrons. The molecule has 0 aromatic heterocycles. The van der Waals surface area contributed by atoms with Crippen molar-refractivity contribution >= 4 is 69.8 Å². The van der Waals surface area contributed by atoms with Crippen LogP contribution < -0.4 is 10.6 Å². The molecule has 0 spiro atoms. The van der Waals surface area contributed by atoms with E-state index in [1.807, 2.05) is 19.1 Å². The molecule has 3 aromatic carbocycles. The summed E-state index contributed by atoms with van der Waals surface area (Å²) in [6.07, 6.45) is 0. The molecule has 3 aromatic rings. The van der Waals surface area contributed by atoms with E-state index in [1.54, 1.807) is 48.5 Å². The van der Waals surface area contributed by atoms with Gasteiger partial charge < -0.3 is 10.6 Å². The lowest BCUT2D eigenvalue weighted by Gasteiger charge is -2.13. The predicted molar refractivity (Wildman–Crippen MR) is 126 cm³/mol. The van der Waals surface area contributed by atoms with Crippen molar-refractivity contribution in [1.29, 1.82) is 0 Å². The van der Waals surface area contributed by atoms with Crippen LogP contribution in [0.15, 0.2) is 71.6 Å². The van der Waals surface area contributed by atoms with Gasteiger partial charge in [-0.15, -0.1) is 11.8 Å². The average molecular weight is 480 g/mol. The fourth-order valence-electron chi connectivity index (χ4n) is 2.56. The Bertz CT molecular complexity index is 1070. The molecule has 30 heavy (non-hydrogen) atoms. The van der Waals surface area contributed by atoms with Gasteiger partial charge in [-0.25, -0.2) is 0 Å². The number of amides is 2. The zero-order valence-electron chi connectivity index (χ0n) is 15.8. The van der Waals surface area contributed by atoms with Crippen LogP contribution in [0.3, 0.4) is 0 Å². The summed E-state index contributed by atoms with van der Waals surface area (Å²) in [5.74, 6) is -0.455. The molecule has 154 valence electrons. The quantitative estimate of drug-likeness (QED) is 0.374. The maximum Gasteiger partial charge on any atom is 0.257 e. The standard InChI is InChI=1S/C22H17Cl3N2O2S/c1-13(21(28)27-17-4-2-3-14(23)11-17)30-18-8-6-16(7-9-18)26-22(29)19-10-5-15(24)12-20(19)25/h2-13H,1H3,(H,26,29)(H,27,28). The Morgan fingerprint density at radius 3 is 2.20 bits per heavy atom. The van der Waals surface area contributed by atoms with Gasteiger partial charge in [0.2, 0.25) is 5.91 Å². The van der Waals surface area contributed by atoms with Crippen molar-refractivity contribution in [3.63, 3.8) is 0 Å². The summed E-state index contributed by atoms with van der Waals surface area (Å²) in [6, 6.07) is 18.9. The van der Waals surface area contributed by atoms with Gasteiger partial charge >= 0.3 is 0 Å². The Morgan fingerprint density at radius 2 is 1.53 bits per heavy atom. The second kappa shape index (κ2) is 10.2. The normalized spacial score (nSPS) is 11.6. The van der Waals surface area contributed by atoms with E-state index in [0.29, 0.717) is 27.0 Å². The Hall–Kier alpha value is -2.18. The number of halogens is 3. The Morgan fingerprint density at radius 1 is 0.833 bits per heavy atom. The van der Waals surface area contributed by atoms with E-state index >= 15 is 0 Å². The number of carbonyl (C=O) groups is 2. The molecule has 0 saturated carbocycles. The van der Waals surface area contributed by atoms with Crippen molar-refractivity contribution in [2.75, 3.05) is 10.6 Å². The molecular weight excluding hydrogens is 463 g/mol. The van der Waals surface area contributed by atoms with Crippen molar-refractivity contribution in [3.05, 3.63) is 87.4 Å². The van der Waals surface area contributed by atoms with Crippen LogP contribution in [0.25, 0.3) is 0 Å². The van der Waals surface area contributed by atoms with Gasteiger partial charge in [0.25, 0.3) is 5.91 Å². The van der Waals surface area contributed by atoms with Crippen molar-refractivity contribution in [3.8, 4) is 0 Å². The van der Waals surface area contributed by atoms with Crippen LogP contribution in [0, 0.1) is 0 Å². The van der Waals surface area contributed by atoms with Gasteiger partial charge in [-0.2, -0.15) is 0 Å². The zero-order chi connectivity index (χ0) is 21.7. The molecule has 1 unspecified atom stereocenters. The first-order valence-electron chi connectivity index (χ1n) is 8.91. The van der Waals surface area contributed by atoms with Gasteiger partial charge in [-0.3, -0.25) is 9.59 Å². The number of carbonyl (C=O) groups excluding carboxylic acids is 2. The number of anilines is 2. The van der Waals surface area contributed by atoms with Gasteiger partial charge in [0.15, 0.2) is 0 Å². The molecule has 0 bridgehead atoms. The summed E-state index contributed by atoms with van der Waals surface area (Å²) >= 11 is 19.3. The molecule has 0 heterocycles. The molecule has 0 aliphatic heterocycles. The smallest absolute Gasteiger partial charge is 0.257 e. The number of hydrogen-bond acceptors (Lipinski definition) is 3. The number of thioether (sulfide) groups is 1. The molecule has 3 rings (SSSR count). The summed E-state index contributed by atoms with van der Waals surface area (Å²) in [4.78, 5) is 25.7. The molecular formula is C22H17Cl3N2O2S. The lowest BCUT2D eigenvalue weighted by atomic mass is 10.2. The van der Waals surface area contributed by atoms with Gasteiger partial charge in [0.1, 0.15) is 0 Å². The lowest BCUT2D eigenvalue weighted by Crippen LogP contribution is -2.22. The SMILES string of the molecule is CC(Sc1ccc(NC(=O)c2ccc(Cl)cc2Cl)cc1)C(=O)Nc1cccc(Cl)c1. The van der Waals surface area contributed by atoms with Crippen molar-refractivity contribution in [1.82, 2.24) is 0 Å². The highest BCUT2D eigenvalue weighted by atomic mass is 35.5. The molecule has 1 atom stereocenters. The van der Waals surface area contributed by atoms with Crippen LogP contribution in [0.4, 0.5) is 11.4 Å². The molecule has 4 nitrogen and oxygen atoms in total. The average Bonchev–Trinajstić information content (AvgIpc) is 2.69. The van der Waals surface area contributed by atoms with E-state index in [4.69, 9.17) is 34.8 Å². The molecule has 0 saturated heterocycles. The maximum atomic E-state index is 12.4. The number of hydrogen-bond donors (Lipinski definition) is 2. The molecule has 2 amide bonds. The molecule has 2 N–H and O–H groups in total. The maximum absolute atomic E-state index is 12.4. The van der Waals surface area contributed by atoms with Crippen LogP contribution in [0.2, 0.25) is 15.1 Å². The van der Waals surface area contributed by atoms with E-state index in [2.05, 4.69) is 10.6 Å². The molecule has 0 aliphatic carbocycles. The Kier molecular flexibility index (Phi) is 7.67. The largest absolute Gasteiger partial charge is 0.325 e. The van der Waals surface area contributed by atoms with Crippen molar-refractivity contribution < 1.29 is 9.59 Å². The minimum absolute atomic E-state index is 0.128. The Labute approximate surface area is 193 Å². The first kappa shape index (κ1) is 22.5. The van der Waals surface area contributed by atoms with E-state index in [1.165, 1.54) is 17.8 Å². The number of nitrogens with one attached hydrogen (secondary N) is 2. The summed E-state index contributed by atoms with van der Waals surface area (Å²) in [5.41, 5.74) is 1.61. The lowest BCUT2D eigenvalue weighted by molar-refractivity contribution is -0.115. The van der Waals surface area contributed by atoms with Crippen LogP contribution in [0.5, 0.6) is 0 Å². The number of benzene rings is 3. The van der Waals surface area contributed by atoms with Gasteiger partial charge in [0, 0.05) is 26.3 Å². The predicted octanol–water partition coefficient (Wildman–Crippen LogP) is 7.02. The fourth-order valence-corrected chi connectivity index (χ4v) is 4.11. The summed E-state index contributed by atoms with van der Waals surface area (Å²) in [5, 5.41) is 6.62. The summed E-state index contributed by atoms with van der Waals surface area (Å²) in [6.45, 7) is 1.82. The van der Waals surface area contributed by atoms with Gasteiger partial charge in [0.05, 0.1) is 15.8 Å². The van der Waals surface area contributed by atoms with Crippen LogP contribution in [-0.2, 0) is 4.79 Å². The topological polar surface area (TPSA) is 58.2 Å². The second-order valence-electron chi connectivity index (χ2n) is 6.36. The molecule has 0 fully saturated rings. The fraction of sp³-hybridized carbons (Fsp3) is 0.0909. The third-order valence-corrected chi connectivity index (χ3v) is 5.96. The van der Waals surface area contributed by atoms with Crippen LogP contribution in [-0.4, -0.2) is 17.1 Å². The first-order valence-corrected chi connectivity index (χ1v) is 10.9. The highest BCUT2D eigenvalue weighted by Gasteiger charge is 2.15.